The first-order valence-corrected chi connectivity index (χ1v) is 8.32. The van der Waals surface area contributed by atoms with Gasteiger partial charge in [0.2, 0.25) is 0 Å². The molecule has 1 aliphatic carbocycles. The van der Waals surface area contributed by atoms with Crippen molar-refractivity contribution in [3.63, 3.8) is 0 Å². The van der Waals surface area contributed by atoms with Crippen LogP contribution < -0.4 is 0 Å². The molecule has 104 valence electrons. The van der Waals surface area contributed by atoms with Gasteiger partial charge in [-0.25, -0.2) is 0 Å². The van der Waals surface area contributed by atoms with E-state index in [2.05, 4.69) is 27.8 Å². The van der Waals surface area contributed by atoms with Gasteiger partial charge in [-0.3, -0.25) is 0 Å². The van der Waals surface area contributed by atoms with Gasteiger partial charge in [0.15, 0.2) is 0 Å². The molecule has 0 N–H and O–H groups in total. The summed E-state index contributed by atoms with van der Waals surface area (Å²) >= 11 is 0. The van der Waals surface area contributed by atoms with E-state index in [0.29, 0.717) is 5.31 Å². The molecule has 0 radical (unpaired) electrons. The third-order valence-corrected chi connectivity index (χ3v) is 4.46. The van der Waals surface area contributed by atoms with Crippen LogP contribution >= 0.6 is 0 Å². The van der Waals surface area contributed by atoms with Crippen molar-refractivity contribution in [1.82, 2.24) is 0 Å². The Kier molecular flexibility index (Phi) is 7.78. The lowest BCUT2D eigenvalue weighted by molar-refractivity contribution is 0.496. The van der Waals surface area contributed by atoms with Crippen LogP contribution in [0.15, 0.2) is 11.6 Å². The van der Waals surface area contributed by atoms with Crippen molar-refractivity contribution in [2.24, 2.45) is 0 Å². The van der Waals surface area contributed by atoms with E-state index in [1.54, 1.807) is 5.57 Å². The van der Waals surface area contributed by atoms with Gasteiger partial charge < -0.3 is 0 Å². The minimum atomic E-state index is 0.550. The van der Waals surface area contributed by atoms with Crippen molar-refractivity contribution in [3.8, 4) is 0 Å². The summed E-state index contributed by atoms with van der Waals surface area (Å²) in [6.07, 6.45) is 19.4. The first-order valence-electron chi connectivity index (χ1n) is 8.32. The molecule has 1 heteroatoms. The van der Waals surface area contributed by atoms with Gasteiger partial charge in [0.1, 0.15) is 7.85 Å². The van der Waals surface area contributed by atoms with Gasteiger partial charge in [-0.15, -0.1) is 0 Å². The number of allylic oxidation sites excluding steroid dienone is 2. The molecule has 0 bridgehead atoms. The third-order valence-electron chi connectivity index (χ3n) is 4.46. The van der Waals surface area contributed by atoms with E-state index in [4.69, 9.17) is 0 Å². The summed E-state index contributed by atoms with van der Waals surface area (Å²) in [6, 6.07) is 0. The lowest BCUT2D eigenvalue weighted by Crippen LogP contribution is -2.07. The SMILES string of the molecule is BC(C)(CCC=C1CCCCCCC1)CCCC. The molecule has 1 rings (SSSR count). The van der Waals surface area contributed by atoms with Gasteiger partial charge in [0.25, 0.3) is 0 Å². The molecule has 1 unspecified atom stereocenters. The number of unbranched alkanes of at least 4 members (excludes halogenated alkanes) is 1. The molecule has 0 aromatic rings. The summed E-state index contributed by atoms with van der Waals surface area (Å²) in [5, 5.41) is 0.550. The monoisotopic (exact) mass is 248 g/mol. The Hall–Kier alpha value is -0.195. The summed E-state index contributed by atoms with van der Waals surface area (Å²) in [5.41, 5.74) is 1.76. The molecule has 1 saturated carbocycles. The first kappa shape index (κ1) is 15.9. The van der Waals surface area contributed by atoms with E-state index in [-0.39, 0.29) is 0 Å². The quantitative estimate of drug-likeness (QED) is 0.433. The highest BCUT2D eigenvalue weighted by Crippen LogP contribution is 2.34. The van der Waals surface area contributed by atoms with Crippen LogP contribution in [0, 0.1) is 0 Å². The maximum Gasteiger partial charge on any atom is 0.109 e. The predicted molar refractivity (Wildman–Crippen MR) is 86.1 cm³/mol. The second kappa shape index (κ2) is 8.83. The smallest absolute Gasteiger partial charge is 0.0853 e. The highest BCUT2D eigenvalue weighted by atomic mass is 14.2. The van der Waals surface area contributed by atoms with Gasteiger partial charge in [0.05, 0.1) is 0 Å². The molecule has 0 nitrogen and oxygen atoms in total. The van der Waals surface area contributed by atoms with Crippen LogP contribution in [-0.2, 0) is 0 Å². The molecule has 1 atom stereocenters. The molecule has 18 heavy (non-hydrogen) atoms. The van der Waals surface area contributed by atoms with Crippen LogP contribution in [0.5, 0.6) is 0 Å². The molecule has 0 aliphatic heterocycles. The van der Waals surface area contributed by atoms with Crippen molar-refractivity contribution in [3.05, 3.63) is 11.6 Å². The molecule has 0 aromatic heterocycles. The number of hydrogen-bond donors (Lipinski definition) is 0. The molecule has 0 spiro atoms. The Labute approximate surface area is 116 Å². The third kappa shape index (κ3) is 7.29. The van der Waals surface area contributed by atoms with Gasteiger partial charge in [-0.2, -0.15) is 0 Å². The standard InChI is InChI=1S/C17H33B/c1-3-4-14-17(2,18)15-10-13-16-11-8-6-5-7-9-12-16/h13H,3-12,14-15,18H2,1-2H3. The molecule has 0 amide bonds. The van der Waals surface area contributed by atoms with Crippen molar-refractivity contribution < 1.29 is 0 Å². The Morgan fingerprint density at radius 1 is 1.06 bits per heavy atom. The largest absolute Gasteiger partial charge is 0.109 e. The molecular weight excluding hydrogens is 215 g/mol. The molecule has 0 heterocycles. The summed E-state index contributed by atoms with van der Waals surface area (Å²) < 4.78 is 0. The van der Waals surface area contributed by atoms with E-state index in [1.165, 1.54) is 77.0 Å². The van der Waals surface area contributed by atoms with Crippen molar-refractivity contribution in [1.29, 1.82) is 0 Å². The van der Waals surface area contributed by atoms with Crippen LogP contribution in [-0.4, -0.2) is 7.85 Å². The topological polar surface area (TPSA) is 0 Å². The molecule has 1 fully saturated rings. The normalized spacial score (nSPS) is 20.9. The fraction of sp³-hybridized carbons (Fsp3) is 0.882. The lowest BCUT2D eigenvalue weighted by Gasteiger charge is -2.24. The van der Waals surface area contributed by atoms with Crippen molar-refractivity contribution >= 4 is 7.85 Å². The maximum absolute atomic E-state index is 2.58. The molecule has 1 aliphatic rings. The Balaban J connectivity index is 2.28. The lowest BCUT2D eigenvalue weighted by atomic mass is 9.64. The fourth-order valence-electron chi connectivity index (χ4n) is 3.01. The van der Waals surface area contributed by atoms with Gasteiger partial charge >= 0.3 is 0 Å². The van der Waals surface area contributed by atoms with E-state index in [9.17, 15) is 0 Å². The zero-order valence-electron chi connectivity index (χ0n) is 13.1. The summed E-state index contributed by atoms with van der Waals surface area (Å²) in [4.78, 5) is 0. The fourth-order valence-corrected chi connectivity index (χ4v) is 3.01. The van der Waals surface area contributed by atoms with Crippen LogP contribution in [0.3, 0.4) is 0 Å². The second-order valence-electron chi connectivity index (χ2n) is 6.94. The van der Waals surface area contributed by atoms with Crippen LogP contribution in [0.4, 0.5) is 0 Å². The van der Waals surface area contributed by atoms with Crippen LogP contribution in [0.2, 0.25) is 5.31 Å². The average molecular weight is 248 g/mol. The van der Waals surface area contributed by atoms with Crippen LogP contribution in [0.1, 0.15) is 90.9 Å². The zero-order valence-corrected chi connectivity index (χ0v) is 13.1. The molecular formula is C17H33B. The van der Waals surface area contributed by atoms with E-state index in [1.807, 2.05) is 0 Å². The molecule has 0 saturated heterocycles. The number of hydrogen-bond acceptors (Lipinski definition) is 0. The predicted octanol–water partition coefficient (Wildman–Crippen LogP) is 5.44. The van der Waals surface area contributed by atoms with Gasteiger partial charge in [-0.05, 0) is 32.1 Å². The minimum absolute atomic E-state index is 0.550. The zero-order chi connectivity index (χ0) is 13.3. The highest BCUT2D eigenvalue weighted by Gasteiger charge is 2.16. The van der Waals surface area contributed by atoms with E-state index >= 15 is 0 Å². The van der Waals surface area contributed by atoms with E-state index in [0.717, 1.165) is 0 Å². The van der Waals surface area contributed by atoms with Crippen molar-refractivity contribution in [2.75, 3.05) is 0 Å². The van der Waals surface area contributed by atoms with Gasteiger partial charge in [0, 0.05) is 0 Å². The van der Waals surface area contributed by atoms with Crippen LogP contribution in [0.25, 0.3) is 0 Å². The Morgan fingerprint density at radius 3 is 2.28 bits per heavy atom. The van der Waals surface area contributed by atoms with Crippen molar-refractivity contribution in [2.45, 2.75) is 96.2 Å². The highest BCUT2D eigenvalue weighted by molar-refractivity contribution is 6.14. The maximum atomic E-state index is 2.58. The summed E-state index contributed by atoms with van der Waals surface area (Å²) in [6.45, 7) is 4.74. The summed E-state index contributed by atoms with van der Waals surface area (Å²) in [7, 11) is 2.44. The Morgan fingerprint density at radius 2 is 1.67 bits per heavy atom. The minimum Gasteiger partial charge on any atom is -0.0853 e. The Bertz CT molecular complexity index is 230. The summed E-state index contributed by atoms with van der Waals surface area (Å²) in [5.74, 6) is 0. The molecule has 0 aromatic carbocycles. The first-order chi connectivity index (χ1) is 8.64. The average Bonchev–Trinajstić information content (AvgIpc) is 2.29. The van der Waals surface area contributed by atoms with E-state index < -0.39 is 0 Å². The van der Waals surface area contributed by atoms with Gasteiger partial charge in [-0.1, -0.05) is 75.8 Å². The number of rotatable bonds is 6. The second-order valence-corrected chi connectivity index (χ2v) is 6.94.